The van der Waals surface area contributed by atoms with Gasteiger partial charge in [0.1, 0.15) is 0 Å². The first kappa shape index (κ1) is 16.2. The van der Waals surface area contributed by atoms with E-state index in [-0.39, 0.29) is 0 Å². The van der Waals surface area contributed by atoms with Crippen LogP contribution in [-0.4, -0.2) is 34.6 Å². The van der Waals surface area contributed by atoms with Crippen LogP contribution in [0.15, 0.2) is 12.2 Å². The molecule has 0 bridgehead atoms. The summed E-state index contributed by atoms with van der Waals surface area (Å²) in [6.07, 6.45) is 3.72. The fraction of sp³-hybridized carbons (Fsp3) is 0.786. The van der Waals surface area contributed by atoms with Gasteiger partial charge in [-0.1, -0.05) is 20.4 Å². The molecule has 0 aromatic carbocycles. The van der Waals surface area contributed by atoms with Gasteiger partial charge in [0.25, 0.3) is 0 Å². The molecule has 2 unspecified atom stereocenters. The normalized spacial score (nSPS) is 14.6. The van der Waals surface area contributed by atoms with Crippen molar-refractivity contribution >= 4 is 5.97 Å². The molecular weight excluding hydrogens is 214 g/mol. The molecule has 0 heterocycles. The Hall–Kier alpha value is -0.830. The minimum absolute atomic E-state index is 0.318. The van der Waals surface area contributed by atoms with Crippen molar-refractivity contribution in [1.82, 2.24) is 4.90 Å². The van der Waals surface area contributed by atoms with Crippen LogP contribution in [0.2, 0.25) is 0 Å². The van der Waals surface area contributed by atoms with E-state index < -0.39 is 5.97 Å². The second kappa shape index (κ2) is 8.29. The third-order valence-corrected chi connectivity index (χ3v) is 3.51. The van der Waals surface area contributed by atoms with Gasteiger partial charge >= 0.3 is 5.97 Å². The Balaban J connectivity index is 4.17. The molecule has 3 nitrogen and oxygen atoms in total. The van der Waals surface area contributed by atoms with Gasteiger partial charge in [0.2, 0.25) is 0 Å². The summed E-state index contributed by atoms with van der Waals surface area (Å²) in [5.74, 6) is -0.872. The molecule has 0 aromatic heterocycles. The second-order valence-corrected chi connectivity index (χ2v) is 4.76. The molecule has 0 aromatic rings. The molecule has 0 spiro atoms. The second-order valence-electron chi connectivity index (χ2n) is 4.76. The van der Waals surface area contributed by atoms with Crippen LogP contribution in [0.5, 0.6) is 0 Å². The highest BCUT2D eigenvalue weighted by Gasteiger charge is 2.17. The highest BCUT2D eigenvalue weighted by atomic mass is 16.4. The molecule has 3 heteroatoms. The lowest BCUT2D eigenvalue weighted by atomic mass is 10.1. The Kier molecular flexibility index (Phi) is 7.88. The standard InChI is InChI=1S/C14H27NO2/c1-6-12(4)15(13(5)7-2)10-8-9-11(3)14(16)17/h12-13H,3,6-10H2,1-2,4-5H3,(H,16,17). The van der Waals surface area contributed by atoms with Gasteiger partial charge in [-0.05, 0) is 46.1 Å². The Labute approximate surface area is 106 Å². The molecule has 0 rings (SSSR count). The molecular formula is C14H27NO2. The van der Waals surface area contributed by atoms with Crippen LogP contribution in [0.3, 0.4) is 0 Å². The van der Waals surface area contributed by atoms with Crippen molar-refractivity contribution < 1.29 is 9.90 Å². The first-order valence-electron chi connectivity index (χ1n) is 6.60. The lowest BCUT2D eigenvalue weighted by Crippen LogP contribution is -2.40. The van der Waals surface area contributed by atoms with Crippen LogP contribution in [0, 0.1) is 0 Å². The van der Waals surface area contributed by atoms with Gasteiger partial charge in [-0.15, -0.1) is 0 Å². The zero-order valence-corrected chi connectivity index (χ0v) is 11.7. The highest BCUT2D eigenvalue weighted by Crippen LogP contribution is 2.14. The topological polar surface area (TPSA) is 40.5 Å². The van der Waals surface area contributed by atoms with Crippen LogP contribution in [-0.2, 0) is 4.79 Å². The summed E-state index contributed by atoms with van der Waals surface area (Å²) in [4.78, 5) is 13.1. The summed E-state index contributed by atoms with van der Waals surface area (Å²) in [6, 6.07) is 1.12. The average Bonchev–Trinajstić information content (AvgIpc) is 2.32. The fourth-order valence-electron chi connectivity index (χ4n) is 1.93. The minimum atomic E-state index is -0.872. The van der Waals surface area contributed by atoms with Gasteiger partial charge in [-0.2, -0.15) is 0 Å². The maximum absolute atomic E-state index is 10.6. The summed E-state index contributed by atoms with van der Waals surface area (Å²) in [6.45, 7) is 13.4. The van der Waals surface area contributed by atoms with Crippen molar-refractivity contribution in [1.29, 1.82) is 0 Å². The minimum Gasteiger partial charge on any atom is -0.478 e. The summed E-state index contributed by atoms with van der Waals surface area (Å²) in [7, 11) is 0. The first-order chi connectivity index (χ1) is 7.93. The molecule has 1 N–H and O–H groups in total. The SMILES string of the molecule is C=C(CCCN(C(C)CC)C(C)CC)C(=O)O. The van der Waals surface area contributed by atoms with Gasteiger partial charge in [-0.3, -0.25) is 4.90 Å². The summed E-state index contributed by atoms with van der Waals surface area (Å²) >= 11 is 0. The van der Waals surface area contributed by atoms with Crippen molar-refractivity contribution in [2.24, 2.45) is 0 Å². The number of rotatable bonds is 9. The zero-order chi connectivity index (χ0) is 13.4. The van der Waals surface area contributed by atoms with Crippen LogP contribution in [0.4, 0.5) is 0 Å². The van der Waals surface area contributed by atoms with E-state index >= 15 is 0 Å². The molecule has 0 aliphatic rings. The molecule has 0 radical (unpaired) electrons. The van der Waals surface area contributed by atoms with E-state index in [1.807, 2.05) is 0 Å². The van der Waals surface area contributed by atoms with E-state index in [0.29, 0.717) is 24.1 Å². The summed E-state index contributed by atoms with van der Waals surface area (Å²) in [5.41, 5.74) is 0.318. The Morgan fingerprint density at radius 2 is 1.71 bits per heavy atom. The van der Waals surface area contributed by atoms with Gasteiger partial charge < -0.3 is 5.11 Å². The predicted molar refractivity (Wildman–Crippen MR) is 72.2 cm³/mol. The molecule has 17 heavy (non-hydrogen) atoms. The largest absolute Gasteiger partial charge is 0.478 e. The van der Waals surface area contributed by atoms with Crippen molar-refractivity contribution in [2.45, 2.75) is 65.5 Å². The first-order valence-corrected chi connectivity index (χ1v) is 6.60. The van der Waals surface area contributed by atoms with E-state index in [1.165, 1.54) is 0 Å². The van der Waals surface area contributed by atoms with Crippen LogP contribution < -0.4 is 0 Å². The molecule has 0 aliphatic heterocycles. The Morgan fingerprint density at radius 3 is 2.06 bits per heavy atom. The van der Waals surface area contributed by atoms with Gasteiger partial charge in [0.15, 0.2) is 0 Å². The number of nitrogens with zero attached hydrogens (tertiary/aromatic N) is 1. The third-order valence-electron chi connectivity index (χ3n) is 3.51. The van der Waals surface area contributed by atoms with E-state index in [1.54, 1.807) is 0 Å². The van der Waals surface area contributed by atoms with Crippen molar-refractivity contribution in [3.63, 3.8) is 0 Å². The van der Waals surface area contributed by atoms with Gasteiger partial charge in [0.05, 0.1) is 0 Å². The molecule has 0 aliphatic carbocycles. The quantitative estimate of drug-likeness (QED) is 0.630. The summed E-state index contributed by atoms with van der Waals surface area (Å²) < 4.78 is 0. The molecule has 100 valence electrons. The van der Waals surface area contributed by atoms with Gasteiger partial charge in [-0.25, -0.2) is 4.79 Å². The van der Waals surface area contributed by atoms with Crippen molar-refractivity contribution in [2.75, 3.05) is 6.54 Å². The molecule has 0 saturated carbocycles. The smallest absolute Gasteiger partial charge is 0.330 e. The van der Waals surface area contributed by atoms with E-state index in [4.69, 9.17) is 5.11 Å². The van der Waals surface area contributed by atoms with Crippen molar-refractivity contribution in [3.8, 4) is 0 Å². The van der Waals surface area contributed by atoms with Crippen LogP contribution in [0.1, 0.15) is 53.4 Å². The maximum atomic E-state index is 10.6. The number of carbonyl (C=O) groups is 1. The lowest BCUT2D eigenvalue weighted by molar-refractivity contribution is -0.132. The fourth-order valence-corrected chi connectivity index (χ4v) is 1.93. The number of carboxylic acids is 1. The Bertz CT molecular complexity index is 241. The highest BCUT2D eigenvalue weighted by molar-refractivity contribution is 5.85. The van der Waals surface area contributed by atoms with Gasteiger partial charge in [0, 0.05) is 17.7 Å². The number of hydrogen-bond acceptors (Lipinski definition) is 2. The molecule has 0 fully saturated rings. The average molecular weight is 241 g/mol. The maximum Gasteiger partial charge on any atom is 0.330 e. The molecule has 0 amide bonds. The van der Waals surface area contributed by atoms with Crippen LogP contribution in [0.25, 0.3) is 0 Å². The van der Waals surface area contributed by atoms with E-state index in [9.17, 15) is 4.79 Å². The third kappa shape index (κ3) is 5.87. The predicted octanol–water partition coefficient (Wildman–Crippen LogP) is 3.31. The van der Waals surface area contributed by atoms with E-state index in [0.717, 1.165) is 25.8 Å². The van der Waals surface area contributed by atoms with Crippen molar-refractivity contribution in [3.05, 3.63) is 12.2 Å². The molecule has 2 atom stereocenters. The zero-order valence-electron chi connectivity index (χ0n) is 11.7. The summed E-state index contributed by atoms with van der Waals surface area (Å²) in [5, 5.41) is 8.74. The number of hydrogen-bond donors (Lipinski definition) is 1. The molecule has 0 saturated heterocycles. The number of aliphatic carboxylic acids is 1. The Morgan fingerprint density at radius 1 is 1.24 bits per heavy atom. The number of carboxylic acid groups (broad SMARTS) is 1. The van der Waals surface area contributed by atoms with E-state index in [2.05, 4.69) is 39.2 Å². The monoisotopic (exact) mass is 241 g/mol. The van der Waals surface area contributed by atoms with Crippen LogP contribution >= 0.6 is 0 Å². The lowest BCUT2D eigenvalue weighted by Gasteiger charge is -2.33.